The van der Waals surface area contributed by atoms with Crippen LogP contribution in [0.1, 0.15) is 29.2 Å². The molecular formula is C19H27N7. The molecule has 0 saturated heterocycles. The SMILES string of the molecule is CN=C(NCCCc1nc2ccccc2[nH]1)NCc1c(C)nn(C)c1C. The molecule has 0 aliphatic rings. The van der Waals surface area contributed by atoms with Gasteiger partial charge in [-0.1, -0.05) is 12.1 Å². The number of rotatable bonds is 6. The van der Waals surface area contributed by atoms with Crippen LogP contribution in [-0.4, -0.2) is 39.3 Å². The molecule has 2 aromatic heterocycles. The fourth-order valence-electron chi connectivity index (χ4n) is 3.05. The lowest BCUT2D eigenvalue weighted by molar-refractivity contribution is 0.721. The summed E-state index contributed by atoms with van der Waals surface area (Å²) in [4.78, 5) is 12.3. The van der Waals surface area contributed by atoms with E-state index in [0.29, 0.717) is 0 Å². The maximum absolute atomic E-state index is 4.61. The summed E-state index contributed by atoms with van der Waals surface area (Å²) >= 11 is 0. The van der Waals surface area contributed by atoms with Crippen molar-refractivity contribution >= 4 is 17.0 Å². The minimum absolute atomic E-state index is 0.717. The third-order valence-corrected chi connectivity index (χ3v) is 4.64. The highest BCUT2D eigenvalue weighted by Gasteiger charge is 2.09. The number of aliphatic imine (C=N–C) groups is 1. The van der Waals surface area contributed by atoms with Gasteiger partial charge in [-0.2, -0.15) is 5.10 Å². The normalized spacial score (nSPS) is 11.9. The predicted molar refractivity (Wildman–Crippen MR) is 105 cm³/mol. The van der Waals surface area contributed by atoms with E-state index in [1.807, 2.05) is 36.9 Å². The van der Waals surface area contributed by atoms with Crippen LogP contribution in [-0.2, 0) is 20.0 Å². The molecule has 3 rings (SSSR count). The zero-order chi connectivity index (χ0) is 18.5. The Morgan fingerprint density at radius 2 is 2.04 bits per heavy atom. The van der Waals surface area contributed by atoms with Crippen LogP contribution in [0.3, 0.4) is 0 Å². The highest BCUT2D eigenvalue weighted by atomic mass is 15.3. The van der Waals surface area contributed by atoms with Gasteiger partial charge in [0.05, 0.1) is 16.7 Å². The van der Waals surface area contributed by atoms with Crippen LogP contribution in [0.4, 0.5) is 0 Å². The molecular weight excluding hydrogens is 326 g/mol. The number of aromatic amines is 1. The molecule has 1 aromatic carbocycles. The molecule has 0 atom stereocenters. The standard InChI is InChI=1S/C19H27N7/c1-13-15(14(2)26(4)25-13)12-22-19(20-3)21-11-7-10-18-23-16-8-5-6-9-17(16)24-18/h5-6,8-9H,7,10-12H2,1-4H3,(H,23,24)(H2,20,21,22). The maximum Gasteiger partial charge on any atom is 0.191 e. The Hall–Kier alpha value is -2.83. The van der Waals surface area contributed by atoms with Crippen molar-refractivity contribution < 1.29 is 0 Å². The van der Waals surface area contributed by atoms with Gasteiger partial charge in [-0.05, 0) is 32.4 Å². The van der Waals surface area contributed by atoms with E-state index >= 15 is 0 Å². The van der Waals surface area contributed by atoms with Crippen LogP contribution in [0.5, 0.6) is 0 Å². The smallest absolute Gasteiger partial charge is 0.191 e. The number of H-pyrrole nitrogens is 1. The van der Waals surface area contributed by atoms with Crippen molar-refractivity contribution in [2.45, 2.75) is 33.2 Å². The van der Waals surface area contributed by atoms with Crippen molar-refractivity contribution in [1.29, 1.82) is 0 Å². The molecule has 0 radical (unpaired) electrons. The molecule has 0 saturated carbocycles. The molecule has 3 N–H and O–H groups in total. The third kappa shape index (κ3) is 4.04. The number of hydrogen-bond donors (Lipinski definition) is 3. The molecule has 7 heteroatoms. The van der Waals surface area contributed by atoms with Gasteiger partial charge in [0, 0.05) is 44.9 Å². The van der Waals surface area contributed by atoms with Crippen molar-refractivity contribution in [3.05, 3.63) is 47.0 Å². The average Bonchev–Trinajstić information content (AvgIpc) is 3.15. The Labute approximate surface area is 153 Å². The predicted octanol–water partition coefficient (Wildman–Crippen LogP) is 2.21. The number of imidazole rings is 1. The molecule has 138 valence electrons. The number of aromatic nitrogens is 4. The number of fused-ring (bicyclic) bond motifs is 1. The first kappa shape index (κ1) is 18.0. The molecule has 0 aliphatic carbocycles. The summed E-state index contributed by atoms with van der Waals surface area (Å²) < 4.78 is 1.91. The minimum atomic E-state index is 0.717. The van der Waals surface area contributed by atoms with Crippen molar-refractivity contribution in [3.8, 4) is 0 Å². The second-order valence-electron chi connectivity index (χ2n) is 6.43. The molecule has 2 heterocycles. The lowest BCUT2D eigenvalue weighted by Crippen LogP contribution is -2.37. The van der Waals surface area contributed by atoms with E-state index < -0.39 is 0 Å². The van der Waals surface area contributed by atoms with Crippen LogP contribution in [0.25, 0.3) is 11.0 Å². The molecule has 0 spiro atoms. The summed E-state index contributed by atoms with van der Waals surface area (Å²) in [5.74, 6) is 1.83. The quantitative estimate of drug-likeness (QED) is 0.360. The van der Waals surface area contributed by atoms with Crippen LogP contribution in [0, 0.1) is 13.8 Å². The van der Waals surface area contributed by atoms with Gasteiger partial charge in [-0.3, -0.25) is 9.67 Å². The van der Waals surface area contributed by atoms with Crippen LogP contribution >= 0.6 is 0 Å². The molecule has 0 unspecified atom stereocenters. The highest BCUT2D eigenvalue weighted by Crippen LogP contribution is 2.12. The largest absolute Gasteiger partial charge is 0.356 e. The first-order valence-electron chi connectivity index (χ1n) is 8.95. The molecule has 0 fully saturated rings. The first-order valence-corrected chi connectivity index (χ1v) is 8.95. The third-order valence-electron chi connectivity index (χ3n) is 4.64. The molecule has 7 nitrogen and oxygen atoms in total. The van der Waals surface area contributed by atoms with Gasteiger partial charge in [-0.25, -0.2) is 4.98 Å². The highest BCUT2D eigenvalue weighted by molar-refractivity contribution is 5.79. The summed E-state index contributed by atoms with van der Waals surface area (Å²) in [5.41, 5.74) is 5.57. The van der Waals surface area contributed by atoms with Crippen LogP contribution in [0.15, 0.2) is 29.3 Å². The Balaban J connectivity index is 1.45. The van der Waals surface area contributed by atoms with Gasteiger partial charge in [0.15, 0.2) is 5.96 Å². The van der Waals surface area contributed by atoms with E-state index in [9.17, 15) is 0 Å². The van der Waals surface area contributed by atoms with Crippen LogP contribution < -0.4 is 10.6 Å². The number of hydrogen-bond acceptors (Lipinski definition) is 3. The lowest BCUT2D eigenvalue weighted by atomic mass is 10.2. The van der Waals surface area contributed by atoms with Gasteiger partial charge < -0.3 is 15.6 Å². The second kappa shape index (κ2) is 8.03. The molecule has 0 bridgehead atoms. The Morgan fingerprint density at radius 3 is 2.73 bits per heavy atom. The molecule has 3 aromatic rings. The summed E-state index contributed by atoms with van der Waals surface area (Å²) in [7, 11) is 3.76. The van der Waals surface area contributed by atoms with E-state index in [1.165, 1.54) is 11.3 Å². The number of nitrogens with zero attached hydrogens (tertiary/aromatic N) is 4. The Kier molecular flexibility index (Phi) is 5.55. The van der Waals surface area contributed by atoms with Gasteiger partial charge in [-0.15, -0.1) is 0 Å². The summed E-state index contributed by atoms with van der Waals surface area (Å²) in [6, 6.07) is 8.11. The Bertz CT molecular complexity index is 871. The van der Waals surface area contributed by atoms with Gasteiger partial charge in [0.1, 0.15) is 5.82 Å². The number of aryl methyl sites for hydroxylation is 3. The summed E-state index contributed by atoms with van der Waals surface area (Å²) in [6.07, 6.45) is 1.88. The fraction of sp³-hybridized carbons (Fsp3) is 0.421. The minimum Gasteiger partial charge on any atom is -0.356 e. The van der Waals surface area contributed by atoms with E-state index in [-0.39, 0.29) is 0 Å². The Morgan fingerprint density at radius 1 is 1.23 bits per heavy atom. The average molecular weight is 353 g/mol. The van der Waals surface area contributed by atoms with Crippen molar-refractivity contribution in [1.82, 2.24) is 30.4 Å². The van der Waals surface area contributed by atoms with Gasteiger partial charge >= 0.3 is 0 Å². The summed E-state index contributed by atoms with van der Waals surface area (Å²) in [5, 5.41) is 11.2. The zero-order valence-corrected chi connectivity index (χ0v) is 15.9. The van der Waals surface area contributed by atoms with Crippen LogP contribution in [0.2, 0.25) is 0 Å². The number of para-hydroxylation sites is 2. The monoisotopic (exact) mass is 353 g/mol. The number of guanidine groups is 1. The maximum atomic E-state index is 4.61. The van der Waals surface area contributed by atoms with E-state index in [4.69, 9.17) is 0 Å². The first-order chi connectivity index (χ1) is 12.6. The van der Waals surface area contributed by atoms with E-state index in [0.717, 1.165) is 54.4 Å². The molecule has 26 heavy (non-hydrogen) atoms. The number of benzene rings is 1. The van der Waals surface area contributed by atoms with Gasteiger partial charge in [0.2, 0.25) is 0 Å². The van der Waals surface area contributed by atoms with Gasteiger partial charge in [0.25, 0.3) is 0 Å². The number of nitrogens with one attached hydrogen (secondary N) is 3. The second-order valence-corrected chi connectivity index (χ2v) is 6.43. The molecule has 0 amide bonds. The van der Waals surface area contributed by atoms with Crippen molar-refractivity contribution in [2.75, 3.05) is 13.6 Å². The van der Waals surface area contributed by atoms with Crippen molar-refractivity contribution in [2.24, 2.45) is 12.0 Å². The summed E-state index contributed by atoms with van der Waals surface area (Å²) in [6.45, 7) is 5.67. The van der Waals surface area contributed by atoms with E-state index in [1.54, 1.807) is 7.05 Å². The van der Waals surface area contributed by atoms with Crippen molar-refractivity contribution in [3.63, 3.8) is 0 Å². The fourth-order valence-corrected chi connectivity index (χ4v) is 3.05. The zero-order valence-electron chi connectivity index (χ0n) is 15.9. The topological polar surface area (TPSA) is 82.9 Å². The lowest BCUT2D eigenvalue weighted by Gasteiger charge is -2.12. The molecule has 0 aliphatic heterocycles. The van der Waals surface area contributed by atoms with E-state index in [2.05, 4.69) is 43.7 Å².